The average Bonchev–Trinajstić information content (AvgIpc) is 3.36. The molecule has 3 rings (SSSR count). The molecular weight excluding hydrogens is 554 g/mol. The van der Waals surface area contributed by atoms with Crippen molar-refractivity contribution in [3.05, 3.63) is 12.2 Å². The van der Waals surface area contributed by atoms with Crippen molar-refractivity contribution in [2.45, 2.75) is 179 Å². The van der Waals surface area contributed by atoms with Gasteiger partial charge in [0.15, 0.2) is 0 Å². The maximum Gasteiger partial charge on any atom is 0.303 e. The third-order valence-electron chi connectivity index (χ3n) is 9.20. The minimum atomic E-state index is -0.842. The summed E-state index contributed by atoms with van der Waals surface area (Å²) in [7, 11) is 0. The summed E-state index contributed by atoms with van der Waals surface area (Å²) in [5.41, 5.74) is 11.3. The molecule has 0 saturated heterocycles. The number of rotatable bonds is 17. The number of unbranched alkanes of at least 4 members (excludes halogenated alkanes) is 5. The topological polar surface area (TPSA) is 156 Å². The van der Waals surface area contributed by atoms with Gasteiger partial charge in [0.1, 0.15) is 5.78 Å². The minimum Gasteiger partial charge on any atom is -0.481 e. The maximum atomic E-state index is 12.2. The molecule has 0 aromatic carbocycles. The molecule has 3 atom stereocenters. The Bertz CT molecular complexity index is 762. The van der Waals surface area contributed by atoms with Gasteiger partial charge in [-0.25, -0.2) is 0 Å². The highest BCUT2D eigenvalue weighted by molar-refractivity contribution is 5.83. The Kier molecular flexibility index (Phi) is 24.2. The Hall–Kier alpha value is -1.77. The molecule has 44 heavy (non-hydrogen) atoms. The molecule has 0 heterocycles. The molecule has 3 aliphatic carbocycles. The monoisotopic (exact) mass is 622 g/mol. The zero-order chi connectivity index (χ0) is 32.4. The molecule has 256 valence electrons. The third kappa shape index (κ3) is 21.9. The lowest BCUT2D eigenvalue weighted by Gasteiger charge is -2.15. The van der Waals surface area contributed by atoms with Crippen molar-refractivity contribution in [3.8, 4) is 0 Å². The molecule has 3 fully saturated rings. The van der Waals surface area contributed by atoms with Gasteiger partial charge in [-0.2, -0.15) is 0 Å². The van der Waals surface area contributed by atoms with Crippen LogP contribution in [0.1, 0.15) is 161 Å². The summed E-state index contributed by atoms with van der Waals surface area (Å²) in [4.78, 5) is 34.3. The van der Waals surface area contributed by atoms with Crippen LogP contribution < -0.4 is 16.8 Å². The number of amides is 1. The lowest BCUT2D eigenvalue weighted by atomic mass is 9.89. The smallest absolute Gasteiger partial charge is 0.303 e. The van der Waals surface area contributed by atoms with Gasteiger partial charge in [-0.1, -0.05) is 96.1 Å². The third-order valence-corrected chi connectivity index (χ3v) is 9.20. The van der Waals surface area contributed by atoms with Gasteiger partial charge in [0, 0.05) is 43.8 Å². The van der Waals surface area contributed by atoms with E-state index in [1.54, 1.807) is 0 Å². The van der Waals surface area contributed by atoms with Crippen LogP contribution in [0.4, 0.5) is 0 Å². The van der Waals surface area contributed by atoms with Crippen LogP contribution in [-0.2, 0) is 14.4 Å². The van der Waals surface area contributed by atoms with E-state index in [-0.39, 0.29) is 24.2 Å². The van der Waals surface area contributed by atoms with Gasteiger partial charge in [0.05, 0.1) is 6.10 Å². The van der Waals surface area contributed by atoms with Gasteiger partial charge in [0.2, 0.25) is 5.91 Å². The summed E-state index contributed by atoms with van der Waals surface area (Å²) < 4.78 is 0. The van der Waals surface area contributed by atoms with Crippen LogP contribution in [0, 0.1) is 11.8 Å². The maximum absolute atomic E-state index is 12.2. The molecule has 7 N–H and O–H groups in total. The van der Waals surface area contributed by atoms with Crippen molar-refractivity contribution in [3.63, 3.8) is 0 Å². The first-order chi connectivity index (χ1) is 21.2. The zero-order valence-electron chi connectivity index (χ0n) is 28.0. The first-order valence-corrected chi connectivity index (χ1v) is 18.1. The number of carboxylic acids is 1. The molecule has 0 aliphatic heterocycles. The van der Waals surface area contributed by atoms with Crippen molar-refractivity contribution >= 4 is 17.7 Å². The van der Waals surface area contributed by atoms with Crippen molar-refractivity contribution in [1.29, 1.82) is 0 Å². The minimum absolute atomic E-state index is 0.0194. The second-order valence-electron chi connectivity index (χ2n) is 13.3. The Morgan fingerprint density at radius 3 is 2.00 bits per heavy atom. The Morgan fingerprint density at radius 2 is 1.45 bits per heavy atom. The largest absolute Gasteiger partial charge is 0.481 e. The number of carbonyl (C=O) groups excluding carboxylic acids is 2. The van der Waals surface area contributed by atoms with Gasteiger partial charge in [-0.15, -0.1) is 0 Å². The van der Waals surface area contributed by atoms with E-state index >= 15 is 0 Å². The molecule has 0 radical (unpaired) electrons. The summed E-state index contributed by atoms with van der Waals surface area (Å²) >= 11 is 0. The summed E-state index contributed by atoms with van der Waals surface area (Å²) in [6.45, 7) is 2.56. The van der Waals surface area contributed by atoms with E-state index in [9.17, 15) is 19.5 Å². The van der Waals surface area contributed by atoms with Crippen LogP contribution >= 0.6 is 0 Å². The molecule has 1 amide bonds. The van der Waals surface area contributed by atoms with Crippen molar-refractivity contribution in [1.82, 2.24) is 5.32 Å². The van der Waals surface area contributed by atoms with Crippen molar-refractivity contribution in [2.24, 2.45) is 23.3 Å². The number of aliphatic hydroxyl groups is 1. The molecule has 8 heteroatoms. The number of ketones is 1. The molecule has 0 bridgehead atoms. The number of aliphatic carboxylic acids is 1. The van der Waals surface area contributed by atoms with Gasteiger partial charge < -0.3 is 27.0 Å². The first-order valence-electron chi connectivity index (χ1n) is 18.1. The summed E-state index contributed by atoms with van der Waals surface area (Å²) in [5, 5.41) is 21.4. The summed E-state index contributed by atoms with van der Waals surface area (Å²) in [6.07, 6.45) is 28.2. The quantitative estimate of drug-likeness (QED) is 0.0868. The number of carbonyl (C=O) groups is 3. The van der Waals surface area contributed by atoms with Crippen molar-refractivity contribution in [2.75, 3.05) is 6.54 Å². The molecule has 3 saturated carbocycles. The van der Waals surface area contributed by atoms with Gasteiger partial charge in [-0.3, -0.25) is 14.4 Å². The summed E-state index contributed by atoms with van der Waals surface area (Å²) in [6, 6.07) is 1.07. The zero-order valence-corrected chi connectivity index (χ0v) is 28.0. The van der Waals surface area contributed by atoms with Gasteiger partial charge >= 0.3 is 5.97 Å². The number of Topliss-reactive ketones (excluding diaryl/α,β-unsaturated/α-hetero) is 1. The first kappa shape index (κ1) is 40.3. The molecule has 0 aromatic heterocycles. The van der Waals surface area contributed by atoms with Crippen LogP contribution in [-0.4, -0.2) is 52.6 Å². The summed E-state index contributed by atoms with van der Waals surface area (Å²) in [5.74, 6) is -0.165. The number of nitrogens with one attached hydrogen (secondary N) is 1. The number of hydrogen-bond acceptors (Lipinski definition) is 6. The Labute approximate surface area is 268 Å². The fourth-order valence-electron chi connectivity index (χ4n) is 6.34. The number of carboxylic acid groups (broad SMARTS) is 1. The predicted octanol–water partition coefficient (Wildman–Crippen LogP) is 6.96. The van der Waals surface area contributed by atoms with E-state index in [0.29, 0.717) is 43.7 Å². The molecule has 3 aliphatic rings. The lowest BCUT2D eigenvalue weighted by Crippen LogP contribution is -2.24. The average molecular weight is 622 g/mol. The van der Waals surface area contributed by atoms with Crippen LogP contribution in [0.25, 0.3) is 0 Å². The highest BCUT2D eigenvalue weighted by Crippen LogP contribution is 2.34. The molecule has 0 unspecified atom stereocenters. The SMILES string of the molecule is CCCCC[C@H](O)/C=C/[C@H]1CCC(=O)[C@@H]1CCCCCCC(=O)NCCCC(=O)O.NC1CCCCC1.NC1CCCCC1. The van der Waals surface area contributed by atoms with Crippen LogP contribution in [0.3, 0.4) is 0 Å². The number of nitrogens with two attached hydrogens (primary N) is 2. The van der Waals surface area contributed by atoms with Gasteiger partial charge in [-0.05, 0) is 63.7 Å². The fraction of sp³-hybridized carbons (Fsp3) is 0.861. The van der Waals surface area contributed by atoms with E-state index in [4.69, 9.17) is 16.6 Å². The highest BCUT2D eigenvalue weighted by atomic mass is 16.4. The van der Waals surface area contributed by atoms with Crippen LogP contribution in [0.15, 0.2) is 12.2 Å². The molecule has 8 nitrogen and oxygen atoms in total. The van der Waals surface area contributed by atoms with E-state index in [1.807, 2.05) is 6.08 Å². The second-order valence-corrected chi connectivity index (χ2v) is 13.3. The van der Waals surface area contributed by atoms with Crippen LogP contribution in [0.5, 0.6) is 0 Å². The normalized spacial score (nSPS) is 21.7. The molecule has 0 spiro atoms. The van der Waals surface area contributed by atoms with Crippen LogP contribution in [0.2, 0.25) is 0 Å². The highest BCUT2D eigenvalue weighted by Gasteiger charge is 2.32. The van der Waals surface area contributed by atoms with E-state index in [2.05, 4.69) is 18.3 Å². The standard InChI is InChI=1S/C24H41NO5.2C6H13N/c1-2-3-6-10-20(26)16-14-19-15-17-22(27)21(19)11-7-4-5-8-12-23(28)25-18-9-13-24(29)30;2*7-6-4-2-1-3-5-6/h14,16,19-21,26H,2-13,15,17-18H2,1H3,(H,25,28)(H,29,30);2*6H,1-5,7H2/b16-14+;;/t19-,20-,21+;;/m0../s1. The Morgan fingerprint density at radius 1 is 0.841 bits per heavy atom. The molecular formula is C36H67N3O5. The Balaban J connectivity index is 0.000000555. The van der Waals surface area contributed by atoms with E-state index in [1.165, 1.54) is 64.2 Å². The second kappa shape index (κ2) is 26.4. The number of hydrogen-bond donors (Lipinski definition) is 5. The number of aliphatic hydroxyl groups excluding tert-OH is 1. The number of allylic oxidation sites excluding steroid dienone is 1. The molecule has 0 aromatic rings. The lowest BCUT2D eigenvalue weighted by molar-refractivity contribution is -0.137. The van der Waals surface area contributed by atoms with E-state index < -0.39 is 12.1 Å². The van der Waals surface area contributed by atoms with Gasteiger partial charge in [0.25, 0.3) is 0 Å². The van der Waals surface area contributed by atoms with E-state index in [0.717, 1.165) is 64.2 Å². The van der Waals surface area contributed by atoms with Crippen molar-refractivity contribution < 1.29 is 24.6 Å². The predicted molar refractivity (Wildman–Crippen MR) is 180 cm³/mol. The fourth-order valence-corrected chi connectivity index (χ4v) is 6.34.